The normalized spacial score (nSPS) is 20.6. The Morgan fingerprint density at radius 2 is 1.63 bits per heavy atom. The lowest BCUT2D eigenvalue weighted by Gasteiger charge is -2.35. The molecule has 6 rings (SSSR count). The smallest absolute Gasteiger partial charge is 0.255 e. The van der Waals surface area contributed by atoms with Gasteiger partial charge in [0.1, 0.15) is 6.04 Å². The predicted molar refractivity (Wildman–Crippen MR) is 144 cm³/mol. The molecule has 1 aromatic heterocycles. The van der Waals surface area contributed by atoms with Crippen molar-refractivity contribution in [1.29, 1.82) is 0 Å². The summed E-state index contributed by atoms with van der Waals surface area (Å²) in [5, 5.41) is 2.37. The molecule has 196 valence electrons. The topological polar surface area (TPSA) is 77.9 Å². The van der Waals surface area contributed by atoms with Gasteiger partial charge in [0.2, 0.25) is 11.8 Å². The van der Waals surface area contributed by atoms with Gasteiger partial charge in [0, 0.05) is 82.3 Å². The minimum Gasteiger partial charge on any atom is -0.351 e. The minimum atomic E-state index is -0.573. The van der Waals surface area contributed by atoms with Gasteiger partial charge in [-0.2, -0.15) is 0 Å². The van der Waals surface area contributed by atoms with E-state index in [0.717, 1.165) is 44.8 Å². The number of carbonyl (C=O) groups excluding carboxylic acids is 3. The molecule has 8 nitrogen and oxygen atoms in total. The highest BCUT2D eigenvalue weighted by Gasteiger charge is 2.39. The van der Waals surface area contributed by atoms with Crippen LogP contribution in [0.5, 0.6) is 0 Å². The molecule has 3 aromatic rings. The summed E-state index contributed by atoms with van der Waals surface area (Å²) in [6.45, 7) is 6.19. The zero-order chi connectivity index (χ0) is 26.2. The second-order valence-electron chi connectivity index (χ2n) is 10.6. The number of aromatic nitrogens is 1. The zero-order valence-electron chi connectivity index (χ0n) is 21.7. The number of hydrogen-bond acceptors (Lipinski definition) is 5. The number of aryl methyl sites for hydroxylation is 1. The molecule has 2 fully saturated rings. The molecule has 1 unspecified atom stereocenters. The molecule has 1 N–H and O–H groups in total. The van der Waals surface area contributed by atoms with Gasteiger partial charge in [0.25, 0.3) is 5.91 Å². The molecule has 8 heteroatoms. The number of fused-ring (bicyclic) bond motifs is 1. The van der Waals surface area contributed by atoms with Crippen LogP contribution in [0.4, 0.5) is 0 Å². The number of imide groups is 1. The van der Waals surface area contributed by atoms with Crippen molar-refractivity contribution in [3.05, 3.63) is 83.0 Å². The van der Waals surface area contributed by atoms with Crippen molar-refractivity contribution >= 4 is 17.7 Å². The van der Waals surface area contributed by atoms with Gasteiger partial charge in [-0.1, -0.05) is 36.4 Å². The number of amides is 3. The van der Waals surface area contributed by atoms with Gasteiger partial charge < -0.3 is 9.47 Å². The van der Waals surface area contributed by atoms with Crippen molar-refractivity contribution in [2.24, 2.45) is 7.05 Å². The fraction of sp³-hybridized carbons (Fsp3) is 0.367. The van der Waals surface area contributed by atoms with Gasteiger partial charge in [-0.3, -0.25) is 29.5 Å². The van der Waals surface area contributed by atoms with Crippen LogP contribution >= 0.6 is 0 Å². The van der Waals surface area contributed by atoms with E-state index in [1.54, 1.807) is 4.90 Å². The van der Waals surface area contributed by atoms with Crippen LogP contribution in [-0.4, -0.2) is 69.2 Å². The molecule has 3 amide bonds. The molecule has 4 heterocycles. The van der Waals surface area contributed by atoms with Crippen molar-refractivity contribution in [2.75, 3.05) is 26.2 Å². The number of rotatable bonds is 6. The molecular weight excluding hydrogens is 478 g/mol. The highest BCUT2D eigenvalue weighted by molar-refractivity contribution is 6.05. The van der Waals surface area contributed by atoms with Crippen LogP contribution in [0.1, 0.15) is 39.9 Å². The number of hydrogen-bond donors (Lipinski definition) is 1. The molecular formula is C30H33N5O3. The second kappa shape index (κ2) is 10.2. The Balaban J connectivity index is 1.06. The van der Waals surface area contributed by atoms with Gasteiger partial charge in [-0.15, -0.1) is 0 Å². The summed E-state index contributed by atoms with van der Waals surface area (Å²) in [5.74, 6) is -0.754. The van der Waals surface area contributed by atoms with Crippen molar-refractivity contribution in [2.45, 2.75) is 38.5 Å². The number of carbonyl (C=O) groups is 3. The van der Waals surface area contributed by atoms with Crippen molar-refractivity contribution in [3.8, 4) is 11.3 Å². The second-order valence-corrected chi connectivity index (χ2v) is 10.6. The number of nitrogens with zero attached hydrogens (tertiary/aromatic N) is 4. The highest BCUT2D eigenvalue weighted by atomic mass is 16.2. The maximum atomic E-state index is 13.0. The third kappa shape index (κ3) is 4.77. The van der Waals surface area contributed by atoms with Crippen molar-refractivity contribution < 1.29 is 14.4 Å². The fourth-order valence-corrected chi connectivity index (χ4v) is 5.98. The maximum Gasteiger partial charge on any atom is 0.255 e. The Bertz CT molecular complexity index is 1390. The van der Waals surface area contributed by atoms with E-state index >= 15 is 0 Å². The van der Waals surface area contributed by atoms with E-state index in [-0.39, 0.29) is 24.1 Å². The molecule has 3 aliphatic heterocycles. The first-order valence-corrected chi connectivity index (χ1v) is 13.4. The molecule has 3 aliphatic rings. The Morgan fingerprint density at radius 1 is 0.868 bits per heavy atom. The van der Waals surface area contributed by atoms with Crippen LogP contribution < -0.4 is 5.32 Å². The first kappa shape index (κ1) is 24.6. The largest absolute Gasteiger partial charge is 0.351 e. The Morgan fingerprint density at radius 3 is 2.37 bits per heavy atom. The van der Waals surface area contributed by atoms with E-state index in [2.05, 4.69) is 75.4 Å². The van der Waals surface area contributed by atoms with Crippen molar-refractivity contribution in [3.63, 3.8) is 0 Å². The molecule has 0 aliphatic carbocycles. The molecule has 1 atom stereocenters. The lowest BCUT2D eigenvalue weighted by Crippen LogP contribution is -2.52. The van der Waals surface area contributed by atoms with Crippen LogP contribution in [0.15, 0.2) is 60.8 Å². The van der Waals surface area contributed by atoms with Gasteiger partial charge >= 0.3 is 0 Å². The number of piperazine rings is 1. The van der Waals surface area contributed by atoms with E-state index in [4.69, 9.17) is 0 Å². The summed E-state index contributed by atoms with van der Waals surface area (Å²) in [4.78, 5) is 43.4. The predicted octanol–water partition coefficient (Wildman–Crippen LogP) is 2.77. The quantitative estimate of drug-likeness (QED) is 0.515. The SMILES string of the molecule is Cn1cccc1-c1ccccc1CN1CCN(Cc2ccc3c(c2)CN(C2CCC(=O)NC2=O)C3=O)CC1. The summed E-state index contributed by atoms with van der Waals surface area (Å²) in [7, 11) is 2.09. The van der Waals surface area contributed by atoms with Gasteiger partial charge in [-0.25, -0.2) is 0 Å². The number of piperidine rings is 1. The van der Waals surface area contributed by atoms with Crippen LogP contribution in [0.3, 0.4) is 0 Å². The lowest BCUT2D eigenvalue weighted by molar-refractivity contribution is -0.136. The molecule has 0 saturated carbocycles. The van der Waals surface area contributed by atoms with E-state index < -0.39 is 6.04 Å². The first-order chi connectivity index (χ1) is 18.5. The average molecular weight is 512 g/mol. The highest BCUT2D eigenvalue weighted by Crippen LogP contribution is 2.29. The maximum absolute atomic E-state index is 13.0. The summed E-state index contributed by atoms with van der Waals surface area (Å²) < 4.78 is 2.17. The van der Waals surface area contributed by atoms with Crippen LogP contribution in [0.2, 0.25) is 0 Å². The Labute approximate surface area is 222 Å². The monoisotopic (exact) mass is 511 g/mol. The minimum absolute atomic E-state index is 0.120. The van der Waals surface area contributed by atoms with E-state index in [0.29, 0.717) is 18.5 Å². The molecule has 2 saturated heterocycles. The zero-order valence-corrected chi connectivity index (χ0v) is 21.7. The number of benzene rings is 2. The Kier molecular flexibility index (Phi) is 6.59. The standard InChI is InChI=1S/C30H33N5O3/c1-32-12-4-7-26(32)24-6-3-2-5-22(24)19-34-15-13-33(14-16-34)18-21-8-9-25-23(17-21)20-35(30(25)38)27-10-11-28(36)31-29(27)37/h2-9,12,17,27H,10-11,13-16,18-20H2,1H3,(H,31,36,37). The van der Waals surface area contributed by atoms with Crippen LogP contribution in [0, 0.1) is 0 Å². The van der Waals surface area contributed by atoms with Gasteiger partial charge in [-0.05, 0) is 41.3 Å². The third-order valence-electron chi connectivity index (χ3n) is 8.09. The van der Waals surface area contributed by atoms with Crippen LogP contribution in [-0.2, 0) is 36.3 Å². The Hall–Kier alpha value is -3.75. The number of nitrogens with one attached hydrogen (secondary N) is 1. The van der Waals surface area contributed by atoms with E-state index in [9.17, 15) is 14.4 Å². The van der Waals surface area contributed by atoms with Crippen molar-refractivity contribution in [1.82, 2.24) is 24.6 Å². The summed E-state index contributed by atoms with van der Waals surface area (Å²) in [5.41, 5.74) is 6.70. The van der Waals surface area contributed by atoms with Crippen LogP contribution in [0.25, 0.3) is 11.3 Å². The average Bonchev–Trinajstić information content (AvgIpc) is 3.48. The third-order valence-corrected chi connectivity index (χ3v) is 8.09. The summed E-state index contributed by atoms with van der Waals surface area (Å²) in [6.07, 6.45) is 2.74. The van der Waals surface area contributed by atoms with E-state index in [1.807, 2.05) is 12.1 Å². The van der Waals surface area contributed by atoms with E-state index in [1.165, 1.54) is 22.4 Å². The lowest BCUT2D eigenvalue weighted by atomic mass is 10.0. The molecule has 0 spiro atoms. The summed E-state index contributed by atoms with van der Waals surface area (Å²) >= 11 is 0. The summed E-state index contributed by atoms with van der Waals surface area (Å²) in [6, 6.07) is 18.4. The molecule has 38 heavy (non-hydrogen) atoms. The fourth-order valence-electron chi connectivity index (χ4n) is 5.98. The molecule has 2 aromatic carbocycles. The first-order valence-electron chi connectivity index (χ1n) is 13.4. The van der Waals surface area contributed by atoms with Gasteiger partial charge in [0.05, 0.1) is 0 Å². The molecule has 0 radical (unpaired) electrons. The molecule has 0 bridgehead atoms. The van der Waals surface area contributed by atoms with Gasteiger partial charge in [0.15, 0.2) is 0 Å².